The highest BCUT2D eigenvalue weighted by atomic mass is 16.6. The summed E-state index contributed by atoms with van der Waals surface area (Å²) in [6.45, 7) is 11.7. The Morgan fingerprint density at radius 2 is 1.76 bits per heavy atom. The van der Waals surface area contributed by atoms with Gasteiger partial charge in [-0.3, -0.25) is 24.7 Å². The number of fused-ring (bicyclic) bond motifs is 1. The van der Waals surface area contributed by atoms with Gasteiger partial charge in [0, 0.05) is 63.3 Å². The van der Waals surface area contributed by atoms with Crippen LogP contribution in [0.4, 0.5) is 17.2 Å². The molecule has 1 amide bonds. The first-order valence-electron chi connectivity index (χ1n) is 13.1. The van der Waals surface area contributed by atoms with Gasteiger partial charge in [0.15, 0.2) is 0 Å². The molecule has 11 heteroatoms. The molecular formula is C27H36N8O3. The molecule has 0 aliphatic carbocycles. The van der Waals surface area contributed by atoms with Crippen LogP contribution in [0.2, 0.25) is 0 Å². The van der Waals surface area contributed by atoms with E-state index in [1.54, 1.807) is 6.07 Å². The average molecular weight is 521 g/mol. The maximum Gasteiger partial charge on any atom is 0.293 e. The number of aromatic nitrogens is 2. The zero-order valence-corrected chi connectivity index (χ0v) is 22.2. The number of nitrogens with one attached hydrogen (secondary N) is 3. The third-order valence-corrected chi connectivity index (χ3v) is 6.56. The molecule has 3 N–H and O–H groups in total. The maximum atomic E-state index is 12.1. The largest absolute Gasteiger partial charge is 0.380 e. The fourth-order valence-electron chi connectivity index (χ4n) is 4.70. The van der Waals surface area contributed by atoms with Crippen molar-refractivity contribution in [2.45, 2.75) is 39.9 Å². The number of hydrogen-bond acceptors (Lipinski definition) is 9. The molecule has 0 bridgehead atoms. The molecule has 1 aliphatic rings. The number of nitro groups is 1. The number of piperazine rings is 1. The molecule has 0 radical (unpaired) electrons. The summed E-state index contributed by atoms with van der Waals surface area (Å²) in [6, 6.07) is 11.6. The Balaban J connectivity index is 1.42. The van der Waals surface area contributed by atoms with Gasteiger partial charge in [-0.2, -0.15) is 0 Å². The zero-order chi connectivity index (χ0) is 27.1. The van der Waals surface area contributed by atoms with E-state index in [1.165, 1.54) is 18.0 Å². The summed E-state index contributed by atoms with van der Waals surface area (Å²) in [5.74, 6) is 0.634. The molecule has 2 heterocycles. The minimum Gasteiger partial charge on any atom is -0.380 e. The van der Waals surface area contributed by atoms with Gasteiger partial charge in [-0.05, 0) is 38.0 Å². The number of benzene rings is 2. The van der Waals surface area contributed by atoms with E-state index in [-0.39, 0.29) is 22.6 Å². The molecule has 11 nitrogen and oxygen atoms in total. The molecule has 3 aromatic rings. The van der Waals surface area contributed by atoms with E-state index in [1.807, 2.05) is 32.9 Å². The van der Waals surface area contributed by atoms with Crippen LogP contribution in [-0.4, -0.2) is 75.9 Å². The van der Waals surface area contributed by atoms with Gasteiger partial charge in [-0.1, -0.05) is 24.3 Å². The Morgan fingerprint density at radius 3 is 2.45 bits per heavy atom. The quantitative estimate of drug-likeness (QED) is 0.258. The van der Waals surface area contributed by atoms with Gasteiger partial charge in [-0.15, -0.1) is 0 Å². The summed E-state index contributed by atoms with van der Waals surface area (Å²) in [7, 11) is 0. The topological polar surface area (TPSA) is 129 Å². The third kappa shape index (κ3) is 6.93. The van der Waals surface area contributed by atoms with E-state index in [0.29, 0.717) is 42.0 Å². The van der Waals surface area contributed by atoms with Gasteiger partial charge >= 0.3 is 0 Å². The molecule has 0 atom stereocenters. The lowest BCUT2D eigenvalue weighted by Crippen LogP contribution is -2.49. The van der Waals surface area contributed by atoms with Crippen molar-refractivity contribution in [3.8, 4) is 0 Å². The predicted octanol–water partition coefficient (Wildman–Crippen LogP) is 3.22. The second-order valence-corrected chi connectivity index (χ2v) is 9.79. The maximum absolute atomic E-state index is 12.1. The number of nitro benzene ring substituents is 1. The van der Waals surface area contributed by atoms with E-state index in [0.717, 1.165) is 38.3 Å². The van der Waals surface area contributed by atoms with Crippen molar-refractivity contribution in [1.29, 1.82) is 0 Å². The molecule has 0 saturated carbocycles. The van der Waals surface area contributed by atoms with E-state index in [9.17, 15) is 14.9 Å². The molecule has 1 saturated heterocycles. The molecular weight excluding hydrogens is 484 g/mol. The highest BCUT2D eigenvalue weighted by Gasteiger charge is 2.21. The van der Waals surface area contributed by atoms with Crippen LogP contribution in [0, 0.1) is 10.1 Å². The fourth-order valence-corrected chi connectivity index (χ4v) is 4.70. The number of hydrogen-bond donors (Lipinski definition) is 3. The Morgan fingerprint density at radius 1 is 1.05 bits per heavy atom. The highest BCUT2D eigenvalue weighted by molar-refractivity contribution is 5.94. The molecule has 4 rings (SSSR count). The molecule has 2 aromatic carbocycles. The van der Waals surface area contributed by atoms with Crippen LogP contribution >= 0.6 is 0 Å². The minimum absolute atomic E-state index is 0.00145. The zero-order valence-electron chi connectivity index (χ0n) is 22.2. The first-order valence-corrected chi connectivity index (χ1v) is 13.1. The van der Waals surface area contributed by atoms with Crippen molar-refractivity contribution < 1.29 is 9.72 Å². The van der Waals surface area contributed by atoms with Crippen LogP contribution < -0.4 is 16.0 Å². The summed E-state index contributed by atoms with van der Waals surface area (Å²) in [6.07, 6.45) is 1.47. The lowest BCUT2D eigenvalue weighted by Gasteiger charge is -2.34. The van der Waals surface area contributed by atoms with Crippen LogP contribution in [-0.2, 0) is 17.9 Å². The molecule has 38 heavy (non-hydrogen) atoms. The number of carbonyl (C=O) groups is 1. The first kappa shape index (κ1) is 27.2. The van der Waals surface area contributed by atoms with Crippen LogP contribution in [0.5, 0.6) is 0 Å². The lowest BCUT2D eigenvalue weighted by atomic mass is 10.1. The number of nitrogens with zero attached hydrogens (tertiary/aromatic N) is 5. The third-order valence-electron chi connectivity index (χ3n) is 6.56. The van der Waals surface area contributed by atoms with Gasteiger partial charge in [0.1, 0.15) is 17.8 Å². The Kier molecular flexibility index (Phi) is 9.03. The first-order chi connectivity index (χ1) is 18.3. The summed E-state index contributed by atoms with van der Waals surface area (Å²) in [5.41, 5.74) is 3.43. The standard InChI is InChI=1S/C27H36N8O3/c1-4-28-24-14-23-22(13-25(24)35(37)38)27(31-18-30-23)29-15-20-7-5-6-8-21(20)16-33-9-11-34(12-10-33)17-26(36)32-19(2)3/h5-8,13-14,18-19,28H,4,9-12,15-17H2,1-3H3,(H,32,36)(H,29,30,31). The highest BCUT2D eigenvalue weighted by Crippen LogP contribution is 2.32. The number of amides is 1. The van der Waals surface area contributed by atoms with Crippen LogP contribution in [0.25, 0.3) is 10.9 Å². The minimum atomic E-state index is -0.389. The van der Waals surface area contributed by atoms with E-state index >= 15 is 0 Å². The van der Waals surface area contributed by atoms with Crippen molar-refractivity contribution in [3.63, 3.8) is 0 Å². The number of anilines is 2. The molecule has 0 unspecified atom stereocenters. The van der Waals surface area contributed by atoms with Gasteiger partial charge in [0.25, 0.3) is 5.69 Å². The summed E-state index contributed by atoms with van der Waals surface area (Å²) in [4.78, 5) is 36.7. The predicted molar refractivity (Wildman–Crippen MR) is 149 cm³/mol. The van der Waals surface area contributed by atoms with Crippen molar-refractivity contribution >= 4 is 34.0 Å². The van der Waals surface area contributed by atoms with E-state index in [2.05, 4.69) is 47.9 Å². The van der Waals surface area contributed by atoms with Crippen molar-refractivity contribution in [1.82, 2.24) is 25.1 Å². The smallest absolute Gasteiger partial charge is 0.293 e. The van der Waals surface area contributed by atoms with E-state index < -0.39 is 0 Å². The van der Waals surface area contributed by atoms with Gasteiger partial charge in [0.2, 0.25) is 5.91 Å². The van der Waals surface area contributed by atoms with Gasteiger partial charge < -0.3 is 16.0 Å². The van der Waals surface area contributed by atoms with Crippen molar-refractivity contribution in [2.75, 3.05) is 49.9 Å². The monoisotopic (exact) mass is 520 g/mol. The number of rotatable bonds is 11. The summed E-state index contributed by atoms with van der Waals surface area (Å²) < 4.78 is 0. The Labute approximate surface area is 222 Å². The molecule has 0 spiro atoms. The second-order valence-electron chi connectivity index (χ2n) is 9.79. The van der Waals surface area contributed by atoms with Crippen LogP contribution in [0.3, 0.4) is 0 Å². The lowest BCUT2D eigenvalue weighted by molar-refractivity contribution is -0.383. The summed E-state index contributed by atoms with van der Waals surface area (Å²) in [5, 5.41) is 21.6. The van der Waals surface area contributed by atoms with Crippen LogP contribution in [0.1, 0.15) is 31.9 Å². The van der Waals surface area contributed by atoms with Crippen molar-refractivity contribution in [3.05, 3.63) is 64.0 Å². The van der Waals surface area contributed by atoms with Gasteiger partial charge in [0.05, 0.1) is 17.0 Å². The normalized spacial score (nSPS) is 14.5. The van der Waals surface area contributed by atoms with Crippen LogP contribution in [0.15, 0.2) is 42.7 Å². The molecule has 1 fully saturated rings. The molecule has 202 valence electrons. The Bertz CT molecular complexity index is 1270. The second kappa shape index (κ2) is 12.6. The molecule has 1 aliphatic heterocycles. The van der Waals surface area contributed by atoms with Gasteiger partial charge in [-0.25, -0.2) is 9.97 Å². The average Bonchev–Trinajstić information content (AvgIpc) is 2.88. The van der Waals surface area contributed by atoms with E-state index in [4.69, 9.17) is 0 Å². The Hall–Kier alpha value is -3.83. The SMILES string of the molecule is CCNc1cc2ncnc(NCc3ccccc3CN3CCN(CC(=O)NC(C)C)CC3)c2cc1[N+](=O)[O-]. The molecule has 1 aromatic heterocycles. The number of carbonyl (C=O) groups excluding carboxylic acids is 1. The van der Waals surface area contributed by atoms with Crippen molar-refractivity contribution in [2.24, 2.45) is 0 Å². The summed E-state index contributed by atoms with van der Waals surface area (Å²) >= 11 is 0. The fraction of sp³-hybridized carbons (Fsp3) is 0.444.